The Kier molecular flexibility index (Phi) is 4.88. The van der Waals surface area contributed by atoms with Crippen LogP contribution in [0.1, 0.15) is 15.9 Å². The van der Waals surface area contributed by atoms with Crippen molar-refractivity contribution in [3.63, 3.8) is 0 Å². The van der Waals surface area contributed by atoms with Crippen molar-refractivity contribution in [3.05, 3.63) is 56.1 Å². The molecule has 0 N–H and O–H groups in total. The number of carbonyl (C=O) groups is 1. The average molecular weight is 403 g/mol. The van der Waals surface area contributed by atoms with E-state index >= 15 is 0 Å². The summed E-state index contributed by atoms with van der Waals surface area (Å²) in [7, 11) is 3.09. The number of rotatable bonds is 4. The van der Waals surface area contributed by atoms with E-state index in [1.54, 1.807) is 37.4 Å². The molecule has 0 spiro atoms. The summed E-state index contributed by atoms with van der Waals surface area (Å²) in [6.07, 6.45) is 0. The molecular weight excluding hydrogens is 391 g/mol. The van der Waals surface area contributed by atoms with Crippen LogP contribution in [0.4, 0.5) is 0 Å². The highest BCUT2D eigenvalue weighted by molar-refractivity contribution is 14.1. The van der Waals surface area contributed by atoms with Crippen molar-refractivity contribution < 1.29 is 14.3 Å². The van der Waals surface area contributed by atoms with Gasteiger partial charge in [0.15, 0.2) is 17.3 Å². The van der Waals surface area contributed by atoms with E-state index in [0.29, 0.717) is 27.6 Å². The molecule has 0 heterocycles. The highest BCUT2D eigenvalue weighted by Crippen LogP contribution is 2.29. The Bertz CT molecular complexity index is 656. The van der Waals surface area contributed by atoms with E-state index in [4.69, 9.17) is 21.1 Å². The molecule has 2 rings (SSSR count). The van der Waals surface area contributed by atoms with Crippen LogP contribution in [0.25, 0.3) is 0 Å². The molecular formula is C15H12ClIO3. The van der Waals surface area contributed by atoms with Crippen LogP contribution in [0.2, 0.25) is 5.02 Å². The number of hydrogen-bond acceptors (Lipinski definition) is 3. The largest absolute Gasteiger partial charge is 0.493 e. The predicted molar refractivity (Wildman–Crippen MR) is 87.1 cm³/mol. The molecule has 0 aliphatic carbocycles. The zero-order valence-corrected chi connectivity index (χ0v) is 13.9. The molecule has 3 nitrogen and oxygen atoms in total. The smallest absolute Gasteiger partial charge is 0.193 e. The summed E-state index contributed by atoms with van der Waals surface area (Å²) in [5, 5.41) is 0.567. The Morgan fingerprint density at radius 2 is 1.60 bits per heavy atom. The monoisotopic (exact) mass is 402 g/mol. The Morgan fingerprint density at radius 3 is 2.20 bits per heavy atom. The molecule has 0 aliphatic heterocycles. The van der Waals surface area contributed by atoms with E-state index in [1.165, 1.54) is 7.11 Å². The Balaban J connectivity index is 2.40. The van der Waals surface area contributed by atoms with E-state index in [-0.39, 0.29) is 5.78 Å². The zero-order chi connectivity index (χ0) is 14.7. The fourth-order valence-electron chi connectivity index (χ4n) is 1.78. The van der Waals surface area contributed by atoms with Crippen LogP contribution in [0.3, 0.4) is 0 Å². The number of ketones is 1. The molecule has 0 radical (unpaired) electrons. The lowest BCUT2D eigenvalue weighted by Gasteiger charge is -2.09. The number of halogens is 2. The third-order valence-electron chi connectivity index (χ3n) is 2.83. The Morgan fingerprint density at radius 1 is 1.00 bits per heavy atom. The molecule has 0 aliphatic rings. The van der Waals surface area contributed by atoms with Gasteiger partial charge in [0.1, 0.15) is 0 Å². The summed E-state index contributed by atoms with van der Waals surface area (Å²) < 4.78 is 11.3. The maximum Gasteiger partial charge on any atom is 0.193 e. The molecule has 0 saturated carbocycles. The molecule has 0 atom stereocenters. The zero-order valence-electron chi connectivity index (χ0n) is 10.9. The van der Waals surface area contributed by atoms with Gasteiger partial charge in [0.25, 0.3) is 0 Å². The van der Waals surface area contributed by atoms with Crippen molar-refractivity contribution in [1.29, 1.82) is 0 Å². The van der Waals surface area contributed by atoms with Crippen LogP contribution < -0.4 is 9.47 Å². The van der Waals surface area contributed by atoms with Gasteiger partial charge in [-0.25, -0.2) is 0 Å². The summed E-state index contributed by atoms with van der Waals surface area (Å²) in [5.74, 6) is 1.00. The molecule has 0 aromatic heterocycles. The highest BCUT2D eigenvalue weighted by atomic mass is 127. The highest BCUT2D eigenvalue weighted by Gasteiger charge is 2.13. The first kappa shape index (κ1) is 15.1. The van der Waals surface area contributed by atoms with E-state index in [9.17, 15) is 4.79 Å². The van der Waals surface area contributed by atoms with Gasteiger partial charge in [-0.15, -0.1) is 0 Å². The molecule has 104 valence electrons. The third-order valence-corrected chi connectivity index (χ3v) is 4.40. The molecule has 2 aromatic rings. The van der Waals surface area contributed by atoms with Crippen molar-refractivity contribution in [2.24, 2.45) is 0 Å². The van der Waals surface area contributed by atoms with Crippen LogP contribution in [0.15, 0.2) is 36.4 Å². The SMILES string of the molecule is COc1ccc(C(=O)c2ccc(I)c(Cl)c2)cc1OC. The van der Waals surface area contributed by atoms with Gasteiger partial charge in [-0.05, 0) is 59.0 Å². The minimum absolute atomic E-state index is 0.107. The topological polar surface area (TPSA) is 35.5 Å². The van der Waals surface area contributed by atoms with Crippen molar-refractivity contribution in [2.45, 2.75) is 0 Å². The van der Waals surface area contributed by atoms with Gasteiger partial charge in [0.05, 0.1) is 19.2 Å². The number of benzene rings is 2. The Hall–Kier alpha value is -1.27. The number of methoxy groups -OCH3 is 2. The number of hydrogen-bond donors (Lipinski definition) is 0. The number of ether oxygens (including phenoxy) is 2. The fourth-order valence-corrected chi connectivity index (χ4v) is 2.30. The second-order valence-electron chi connectivity index (χ2n) is 4.03. The van der Waals surface area contributed by atoms with Gasteiger partial charge >= 0.3 is 0 Å². The van der Waals surface area contributed by atoms with Crippen molar-refractivity contribution in [1.82, 2.24) is 0 Å². The van der Waals surface area contributed by atoms with E-state index < -0.39 is 0 Å². The van der Waals surface area contributed by atoms with Gasteiger partial charge in [-0.1, -0.05) is 11.6 Å². The van der Waals surface area contributed by atoms with Crippen LogP contribution in [0.5, 0.6) is 11.5 Å². The second kappa shape index (κ2) is 6.45. The van der Waals surface area contributed by atoms with Gasteiger partial charge < -0.3 is 9.47 Å². The second-order valence-corrected chi connectivity index (χ2v) is 5.60. The summed E-state index contributed by atoms with van der Waals surface area (Å²) in [4.78, 5) is 12.4. The molecule has 0 saturated heterocycles. The quantitative estimate of drug-likeness (QED) is 0.568. The van der Waals surface area contributed by atoms with E-state index in [0.717, 1.165) is 3.57 Å². The summed E-state index contributed by atoms with van der Waals surface area (Å²) in [5.41, 5.74) is 1.07. The van der Waals surface area contributed by atoms with Crippen LogP contribution in [-0.4, -0.2) is 20.0 Å². The van der Waals surface area contributed by atoms with Crippen molar-refractivity contribution >= 4 is 40.0 Å². The first-order valence-corrected chi connectivity index (χ1v) is 7.24. The summed E-state index contributed by atoms with van der Waals surface area (Å²) >= 11 is 8.17. The minimum Gasteiger partial charge on any atom is -0.493 e. The normalized spacial score (nSPS) is 10.2. The summed E-state index contributed by atoms with van der Waals surface area (Å²) in [6.45, 7) is 0. The first-order valence-electron chi connectivity index (χ1n) is 5.78. The standard InChI is InChI=1S/C15H12ClIO3/c1-19-13-6-4-10(8-14(13)20-2)15(18)9-3-5-12(17)11(16)7-9/h3-8H,1-2H3. The van der Waals surface area contributed by atoms with Crippen molar-refractivity contribution in [3.8, 4) is 11.5 Å². The molecule has 20 heavy (non-hydrogen) atoms. The first-order chi connectivity index (χ1) is 9.56. The molecule has 0 bridgehead atoms. The summed E-state index contributed by atoms with van der Waals surface area (Å²) in [6, 6.07) is 10.3. The average Bonchev–Trinajstić information content (AvgIpc) is 2.48. The van der Waals surface area contributed by atoms with Crippen molar-refractivity contribution in [2.75, 3.05) is 14.2 Å². The lowest BCUT2D eigenvalue weighted by Crippen LogP contribution is -2.02. The lowest BCUT2D eigenvalue weighted by atomic mass is 10.0. The molecule has 0 unspecified atom stereocenters. The van der Waals surface area contributed by atoms with Crippen LogP contribution in [-0.2, 0) is 0 Å². The van der Waals surface area contributed by atoms with Gasteiger partial charge in [-0.3, -0.25) is 4.79 Å². The van der Waals surface area contributed by atoms with Gasteiger partial charge in [-0.2, -0.15) is 0 Å². The molecule has 2 aromatic carbocycles. The fraction of sp³-hybridized carbons (Fsp3) is 0.133. The lowest BCUT2D eigenvalue weighted by molar-refractivity contribution is 0.103. The number of carbonyl (C=O) groups excluding carboxylic acids is 1. The molecule has 0 fully saturated rings. The molecule has 0 amide bonds. The minimum atomic E-state index is -0.107. The maximum atomic E-state index is 12.4. The van der Waals surface area contributed by atoms with Crippen LogP contribution in [0, 0.1) is 3.57 Å². The van der Waals surface area contributed by atoms with Crippen LogP contribution >= 0.6 is 34.2 Å². The van der Waals surface area contributed by atoms with E-state index in [2.05, 4.69) is 22.6 Å². The molecule has 5 heteroatoms. The van der Waals surface area contributed by atoms with Gasteiger partial charge in [0, 0.05) is 14.7 Å². The predicted octanol–water partition coefficient (Wildman–Crippen LogP) is 4.19. The maximum absolute atomic E-state index is 12.4. The van der Waals surface area contributed by atoms with Gasteiger partial charge in [0.2, 0.25) is 0 Å². The van der Waals surface area contributed by atoms with E-state index in [1.807, 2.05) is 6.07 Å². The Labute approximate surface area is 136 Å². The third kappa shape index (κ3) is 3.07.